The standard InChI is InChI=1S/C17H23NS/c1-17(9-5-2-6-10-17)13-18-11-14-12-19-16-8-4-3-7-15(14)16/h3-4,7-8,12,18H,2,5-6,9-11,13H2,1H3. The molecule has 0 saturated heterocycles. The highest BCUT2D eigenvalue weighted by atomic mass is 32.1. The molecule has 1 aromatic carbocycles. The average molecular weight is 273 g/mol. The number of benzene rings is 1. The van der Waals surface area contributed by atoms with Gasteiger partial charge in [0.25, 0.3) is 0 Å². The van der Waals surface area contributed by atoms with Crippen molar-refractivity contribution in [3.63, 3.8) is 0 Å². The molecule has 0 atom stereocenters. The second-order valence-electron chi connectivity index (χ2n) is 6.23. The fraction of sp³-hybridized carbons (Fsp3) is 0.529. The maximum atomic E-state index is 3.70. The summed E-state index contributed by atoms with van der Waals surface area (Å²) >= 11 is 1.86. The zero-order valence-electron chi connectivity index (χ0n) is 11.7. The summed E-state index contributed by atoms with van der Waals surface area (Å²) in [5, 5.41) is 7.43. The van der Waals surface area contributed by atoms with Crippen molar-refractivity contribution in [2.45, 2.75) is 45.6 Å². The van der Waals surface area contributed by atoms with Gasteiger partial charge in [-0.05, 0) is 40.7 Å². The van der Waals surface area contributed by atoms with Crippen LogP contribution in [0.3, 0.4) is 0 Å². The first-order valence-corrected chi connectivity index (χ1v) is 8.31. The van der Waals surface area contributed by atoms with Crippen LogP contribution in [0, 0.1) is 5.41 Å². The van der Waals surface area contributed by atoms with Crippen LogP contribution in [-0.2, 0) is 6.54 Å². The Kier molecular flexibility index (Phi) is 3.90. The van der Waals surface area contributed by atoms with Crippen molar-refractivity contribution >= 4 is 21.4 Å². The lowest BCUT2D eigenvalue weighted by Gasteiger charge is -2.33. The lowest BCUT2D eigenvalue weighted by atomic mass is 9.76. The van der Waals surface area contributed by atoms with Gasteiger partial charge in [-0.3, -0.25) is 0 Å². The van der Waals surface area contributed by atoms with Gasteiger partial charge in [0.2, 0.25) is 0 Å². The number of nitrogens with one attached hydrogen (secondary N) is 1. The summed E-state index contributed by atoms with van der Waals surface area (Å²) < 4.78 is 1.41. The Hall–Kier alpha value is -0.860. The maximum absolute atomic E-state index is 3.70. The van der Waals surface area contributed by atoms with E-state index in [0.29, 0.717) is 5.41 Å². The molecule has 0 aliphatic heterocycles. The fourth-order valence-electron chi connectivity index (χ4n) is 3.25. The summed E-state index contributed by atoms with van der Waals surface area (Å²) in [4.78, 5) is 0. The summed E-state index contributed by atoms with van der Waals surface area (Å²) in [5.41, 5.74) is 1.99. The molecule has 0 amide bonds. The molecule has 1 nitrogen and oxygen atoms in total. The zero-order valence-corrected chi connectivity index (χ0v) is 12.6. The van der Waals surface area contributed by atoms with Crippen LogP contribution in [0.1, 0.15) is 44.6 Å². The second-order valence-corrected chi connectivity index (χ2v) is 7.14. The normalized spacial score (nSPS) is 18.8. The van der Waals surface area contributed by atoms with E-state index in [9.17, 15) is 0 Å². The van der Waals surface area contributed by atoms with Crippen molar-refractivity contribution in [2.24, 2.45) is 5.41 Å². The maximum Gasteiger partial charge on any atom is 0.0346 e. The smallest absolute Gasteiger partial charge is 0.0346 e. The number of hydrogen-bond acceptors (Lipinski definition) is 2. The number of rotatable bonds is 4. The molecule has 1 saturated carbocycles. The van der Waals surface area contributed by atoms with Crippen LogP contribution in [0.4, 0.5) is 0 Å². The Bertz CT molecular complexity index is 537. The van der Waals surface area contributed by atoms with Gasteiger partial charge >= 0.3 is 0 Å². The van der Waals surface area contributed by atoms with E-state index >= 15 is 0 Å². The molecule has 0 unspecified atom stereocenters. The lowest BCUT2D eigenvalue weighted by molar-refractivity contribution is 0.207. The molecule has 0 bridgehead atoms. The Balaban J connectivity index is 1.60. The van der Waals surface area contributed by atoms with Gasteiger partial charge in [0.15, 0.2) is 0 Å². The molecule has 1 aliphatic rings. The molecular weight excluding hydrogens is 250 g/mol. The summed E-state index contributed by atoms with van der Waals surface area (Å²) in [6, 6.07) is 8.72. The summed E-state index contributed by atoms with van der Waals surface area (Å²) in [6.45, 7) is 4.63. The monoisotopic (exact) mass is 273 g/mol. The third-order valence-electron chi connectivity index (χ3n) is 4.49. The largest absolute Gasteiger partial charge is 0.312 e. The van der Waals surface area contributed by atoms with E-state index in [1.165, 1.54) is 47.8 Å². The highest BCUT2D eigenvalue weighted by Crippen LogP contribution is 2.35. The minimum Gasteiger partial charge on any atom is -0.312 e. The third-order valence-corrected chi connectivity index (χ3v) is 5.50. The molecule has 0 spiro atoms. The molecule has 1 aromatic heterocycles. The molecule has 2 aromatic rings. The van der Waals surface area contributed by atoms with E-state index < -0.39 is 0 Å². The molecule has 102 valence electrons. The van der Waals surface area contributed by atoms with Crippen molar-refractivity contribution in [3.05, 3.63) is 35.2 Å². The minimum absolute atomic E-state index is 0.532. The quantitative estimate of drug-likeness (QED) is 0.830. The van der Waals surface area contributed by atoms with E-state index in [-0.39, 0.29) is 0 Å². The summed E-state index contributed by atoms with van der Waals surface area (Å²) in [7, 11) is 0. The van der Waals surface area contributed by atoms with E-state index in [1.54, 1.807) is 0 Å². The first kappa shape index (κ1) is 13.1. The predicted octanol–water partition coefficient (Wildman–Crippen LogP) is 4.96. The van der Waals surface area contributed by atoms with Crippen molar-refractivity contribution in [1.29, 1.82) is 0 Å². The molecular formula is C17H23NS. The van der Waals surface area contributed by atoms with Gasteiger partial charge in [0.05, 0.1) is 0 Å². The highest BCUT2D eigenvalue weighted by Gasteiger charge is 2.26. The summed E-state index contributed by atoms with van der Waals surface area (Å²) in [5.74, 6) is 0. The second kappa shape index (κ2) is 5.64. The molecule has 2 heteroatoms. The van der Waals surface area contributed by atoms with Crippen LogP contribution in [0.25, 0.3) is 10.1 Å². The lowest BCUT2D eigenvalue weighted by Crippen LogP contribution is -2.33. The van der Waals surface area contributed by atoms with Crippen LogP contribution < -0.4 is 5.32 Å². The van der Waals surface area contributed by atoms with Gasteiger partial charge < -0.3 is 5.32 Å². The van der Waals surface area contributed by atoms with Crippen LogP contribution in [0.15, 0.2) is 29.6 Å². The fourth-order valence-corrected chi connectivity index (χ4v) is 4.21. The van der Waals surface area contributed by atoms with E-state index in [2.05, 4.69) is 41.9 Å². The van der Waals surface area contributed by atoms with Crippen molar-refractivity contribution in [3.8, 4) is 0 Å². The van der Waals surface area contributed by atoms with Crippen molar-refractivity contribution < 1.29 is 0 Å². The first-order chi connectivity index (χ1) is 9.27. The Labute approximate surface area is 120 Å². The van der Waals surface area contributed by atoms with Crippen molar-refractivity contribution in [1.82, 2.24) is 5.32 Å². The van der Waals surface area contributed by atoms with Gasteiger partial charge in [0, 0.05) is 17.8 Å². The predicted molar refractivity (Wildman–Crippen MR) is 84.7 cm³/mol. The molecule has 1 aliphatic carbocycles. The zero-order chi connectivity index (χ0) is 13.1. The number of thiophene rings is 1. The Morgan fingerprint density at radius 3 is 2.79 bits per heavy atom. The SMILES string of the molecule is CC1(CNCc2csc3ccccc23)CCCCC1. The average Bonchev–Trinajstić information content (AvgIpc) is 2.83. The molecule has 3 rings (SSSR count). The molecule has 1 N–H and O–H groups in total. The molecule has 19 heavy (non-hydrogen) atoms. The van der Waals surface area contributed by atoms with Gasteiger partial charge in [-0.1, -0.05) is 44.4 Å². The van der Waals surface area contributed by atoms with E-state index in [1.807, 2.05) is 11.3 Å². The van der Waals surface area contributed by atoms with Gasteiger partial charge in [0.1, 0.15) is 0 Å². The highest BCUT2D eigenvalue weighted by molar-refractivity contribution is 7.17. The number of fused-ring (bicyclic) bond motifs is 1. The first-order valence-electron chi connectivity index (χ1n) is 7.43. The van der Waals surface area contributed by atoms with Crippen LogP contribution in [0.5, 0.6) is 0 Å². The third kappa shape index (κ3) is 3.01. The van der Waals surface area contributed by atoms with E-state index in [0.717, 1.165) is 13.1 Å². The van der Waals surface area contributed by atoms with Gasteiger partial charge in [-0.15, -0.1) is 11.3 Å². The molecule has 0 radical (unpaired) electrons. The molecule has 1 fully saturated rings. The molecule has 1 heterocycles. The van der Waals surface area contributed by atoms with Gasteiger partial charge in [-0.25, -0.2) is 0 Å². The van der Waals surface area contributed by atoms with Crippen LogP contribution in [-0.4, -0.2) is 6.54 Å². The minimum atomic E-state index is 0.532. The van der Waals surface area contributed by atoms with Crippen LogP contribution >= 0.6 is 11.3 Å². The summed E-state index contributed by atoms with van der Waals surface area (Å²) in [6.07, 6.45) is 7.05. The van der Waals surface area contributed by atoms with Gasteiger partial charge in [-0.2, -0.15) is 0 Å². The number of hydrogen-bond donors (Lipinski definition) is 1. The topological polar surface area (TPSA) is 12.0 Å². The van der Waals surface area contributed by atoms with E-state index in [4.69, 9.17) is 0 Å². The Morgan fingerprint density at radius 1 is 1.16 bits per heavy atom. The van der Waals surface area contributed by atoms with Crippen molar-refractivity contribution in [2.75, 3.05) is 6.54 Å². The Morgan fingerprint density at radius 2 is 1.95 bits per heavy atom. The van der Waals surface area contributed by atoms with Crippen LogP contribution in [0.2, 0.25) is 0 Å².